The summed E-state index contributed by atoms with van der Waals surface area (Å²) in [5.41, 5.74) is 0.807. The second-order valence-electron chi connectivity index (χ2n) is 5.02. The summed E-state index contributed by atoms with van der Waals surface area (Å²) in [6.45, 7) is 4.87. The maximum atomic E-state index is 11.8. The molecule has 19 heavy (non-hydrogen) atoms. The number of aryl methyl sites for hydroxylation is 1. The number of hydrogen-bond acceptors (Lipinski definition) is 6. The van der Waals surface area contributed by atoms with E-state index < -0.39 is 9.84 Å². The third-order valence-electron chi connectivity index (χ3n) is 3.05. The van der Waals surface area contributed by atoms with E-state index in [1.165, 1.54) is 0 Å². The molecule has 0 spiro atoms. The third kappa shape index (κ3) is 3.56. The lowest BCUT2D eigenvalue weighted by atomic mass is 10.2. The van der Waals surface area contributed by atoms with Crippen LogP contribution in [0.2, 0.25) is 0 Å². The van der Waals surface area contributed by atoms with Crippen molar-refractivity contribution in [3.63, 3.8) is 0 Å². The SMILES string of the molecule is COc1cc(C)nc(N2CCS(=O)(=O)CC(C)C2)n1. The van der Waals surface area contributed by atoms with Gasteiger partial charge in [0.15, 0.2) is 9.84 Å². The Hall–Kier alpha value is -1.37. The van der Waals surface area contributed by atoms with Gasteiger partial charge in [0, 0.05) is 24.8 Å². The van der Waals surface area contributed by atoms with Gasteiger partial charge in [0.2, 0.25) is 11.8 Å². The molecule has 1 saturated heterocycles. The summed E-state index contributed by atoms with van der Waals surface area (Å²) in [7, 11) is -1.41. The zero-order chi connectivity index (χ0) is 14.0. The topological polar surface area (TPSA) is 72.4 Å². The highest BCUT2D eigenvalue weighted by molar-refractivity contribution is 7.91. The second kappa shape index (κ2) is 5.32. The number of methoxy groups -OCH3 is 1. The van der Waals surface area contributed by atoms with Crippen LogP contribution in [0, 0.1) is 12.8 Å². The predicted octanol–water partition coefficient (Wildman–Crippen LogP) is 0.665. The zero-order valence-electron chi connectivity index (χ0n) is 11.5. The summed E-state index contributed by atoms with van der Waals surface area (Å²) >= 11 is 0. The zero-order valence-corrected chi connectivity index (χ0v) is 12.3. The largest absolute Gasteiger partial charge is 0.481 e. The van der Waals surface area contributed by atoms with Crippen LogP contribution in [0.3, 0.4) is 0 Å². The summed E-state index contributed by atoms with van der Waals surface area (Å²) in [5.74, 6) is 1.49. The standard InChI is InChI=1S/C12H19N3O3S/c1-9-7-15(4-5-19(16,17)8-9)12-13-10(2)6-11(14-12)18-3/h6,9H,4-5,7-8H2,1-3H3. The lowest BCUT2D eigenvalue weighted by molar-refractivity contribution is 0.396. The summed E-state index contributed by atoms with van der Waals surface area (Å²) in [4.78, 5) is 10.6. The highest BCUT2D eigenvalue weighted by Crippen LogP contribution is 2.19. The number of anilines is 1. The Kier molecular flexibility index (Phi) is 3.93. The molecule has 1 aromatic rings. The lowest BCUT2D eigenvalue weighted by Gasteiger charge is -2.22. The Balaban J connectivity index is 2.28. The van der Waals surface area contributed by atoms with E-state index in [-0.39, 0.29) is 17.4 Å². The molecule has 0 N–H and O–H groups in total. The first kappa shape index (κ1) is 14.0. The maximum absolute atomic E-state index is 11.8. The molecule has 0 aromatic carbocycles. The van der Waals surface area contributed by atoms with E-state index in [0.717, 1.165) is 5.69 Å². The maximum Gasteiger partial charge on any atom is 0.228 e. The molecule has 1 fully saturated rings. The molecule has 0 aliphatic carbocycles. The van der Waals surface area contributed by atoms with Gasteiger partial charge in [-0.3, -0.25) is 0 Å². The monoisotopic (exact) mass is 285 g/mol. The molecule has 1 unspecified atom stereocenters. The quantitative estimate of drug-likeness (QED) is 0.795. The van der Waals surface area contributed by atoms with Crippen molar-refractivity contribution >= 4 is 15.8 Å². The van der Waals surface area contributed by atoms with Gasteiger partial charge in [0.05, 0.1) is 18.6 Å². The van der Waals surface area contributed by atoms with E-state index in [0.29, 0.717) is 24.9 Å². The van der Waals surface area contributed by atoms with Crippen LogP contribution >= 0.6 is 0 Å². The van der Waals surface area contributed by atoms with Gasteiger partial charge in [-0.1, -0.05) is 6.92 Å². The fourth-order valence-corrected chi connectivity index (χ4v) is 3.88. The molecule has 2 rings (SSSR count). The van der Waals surface area contributed by atoms with Crippen LogP contribution in [0.4, 0.5) is 5.95 Å². The number of sulfone groups is 1. The second-order valence-corrected chi connectivity index (χ2v) is 7.25. The van der Waals surface area contributed by atoms with Gasteiger partial charge in [-0.15, -0.1) is 0 Å². The summed E-state index contributed by atoms with van der Waals surface area (Å²) < 4.78 is 28.6. The van der Waals surface area contributed by atoms with Crippen LogP contribution in [0.15, 0.2) is 6.07 Å². The molecule has 0 amide bonds. The fraction of sp³-hybridized carbons (Fsp3) is 0.667. The van der Waals surface area contributed by atoms with E-state index in [1.807, 2.05) is 18.7 Å². The molecule has 0 radical (unpaired) electrons. The average molecular weight is 285 g/mol. The molecule has 1 aliphatic rings. The number of ether oxygens (including phenoxy) is 1. The first-order valence-electron chi connectivity index (χ1n) is 6.24. The minimum absolute atomic E-state index is 0.0719. The van der Waals surface area contributed by atoms with Gasteiger partial charge < -0.3 is 9.64 Å². The van der Waals surface area contributed by atoms with Crippen molar-refractivity contribution in [2.75, 3.05) is 36.6 Å². The normalized spacial score (nSPS) is 22.9. The van der Waals surface area contributed by atoms with Crippen LogP contribution in [0.1, 0.15) is 12.6 Å². The molecule has 106 valence electrons. The summed E-state index contributed by atoms with van der Waals surface area (Å²) in [6.07, 6.45) is 0. The van der Waals surface area contributed by atoms with Gasteiger partial charge in [0.25, 0.3) is 0 Å². The summed E-state index contributed by atoms with van der Waals surface area (Å²) in [5, 5.41) is 0. The van der Waals surface area contributed by atoms with Crippen molar-refractivity contribution in [3.8, 4) is 5.88 Å². The average Bonchev–Trinajstić information content (AvgIpc) is 2.46. The molecule has 0 saturated carbocycles. The van der Waals surface area contributed by atoms with Crippen molar-refractivity contribution in [2.45, 2.75) is 13.8 Å². The van der Waals surface area contributed by atoms with Crippen molar-refractivity contribution in [2.24, 2.45) is 5.92 Å². The van der Waals surface area contributed by atoms with Gasteiger partial charge in [0.1, 0.15) is 0 Å². The van der Waals surface area contributed by atoms with E-state index in [1.54, 1.807) is 13.2 Å². The molecule has 6 nitrogen and oxygen atoms in total. The van der Waals surface area contributed by atoms with Gasteiger partial charge in [-0.2, -0.15) is 4.98 Å². The molecule has 1 aliphatic heterocycles. The van der Waals surface area contributed by atoms with E-state index >= 15 is 0 Å². The van der Waals surface area contributed by atoms with Crippen LogP contribution in [0.5, 0.6) is 5.88 Å². The van der Waals surface area contributed by atoms with Gasteiger partial charge in [-0.05, 0) is 12.8 Å². The first-order valence-corrected chi connectivity index (χ1v) is 8.07. The minimum atomic E-state index is -2.96. The van der Waals surface area contributed by atoms with Crippen molar-refractivity contribution in [3.05, 3.63) is 11.8 Å². The van der Waals surface area contributed by atoms with Crippen LogP contribution < -0.4 is 9.64 Å². The Morgan fingerprint density at radius 3 is 2.84 bits per heavy atom. The Labute approximate surface area is 113 Å². The predicted molar refractivity (Wildman–Crippen MR) is 73.4 cm³/mol. The highest BCUT2D eigenvalue weighted by Gasteiger charge is 2.25. The molecule has 1 aromatic heterocycles. The van der Waals surface area contributed by atoms with E-state index in [9.17, 15) is 8.42 Å². The fourth-order valence-electron chi connectivity index (χ4n) is 2.24. The molecule has 1 atom stereocenters. The Morgan fingerprint density at radius 2 is 2.16 bits per heavy atom. The lowest BCUT2D eigenvalue weighted by Crippen LogP contribution is -2.30. The Morgan fingerprint density at radius 1 is 1.42 bits per heavy atom. The molecule has 7 heteroatoms. The molecule has 2 heterocycles. The minimum Gasteiger partial charge on any atom is -0.481 e. The first-order chi connectivity index (χ1) is 8.89. The number of nitrogens with zero attached hydrogens (tertiary/aromatic N) is 3. The van der Waals surface area contributed by atoms with E-state index in [4.69, 9.17) is 4.74 Å². The van der Waals surface area contributed by atoms with Crippen LogP contribution in [-0.2, 0) is 9.84 Å². The molecule has 0 bridgehead atoms. The number of aromatic nitrogens is 2. The Bertz CT molecular complexity index is 559. The third-order valence-corrected chi connectivity index (χ3v) is 4.94. The number of hydrogen-bond donors (Lipinski definition) is 0. The van der Waals surface area contributed by atoms with Crippen molar-refractivity contribution < 1.29 is 13.2 Å². The van der Waals surface area contributed by atoms with Gasteiger partial charge >= 0.3 is 0 Å². The van der Waals surface area contributed by atoms with E-state index in [2.05, 4.69) is 9.97 Å². The van der Waals surface area contributed by atoms with Gasteiger partial charge in [-0.25, -0.2) is 13.4 Å². The molecular formula is C12H19N3O3S. The van der Waals surface area contributed by atoms with Crippen molar-refractivity contribution in [1.29, 1.82) is 0 Å². The number of rotatable bonds is 2. The summed E-state index contributed by atoms with van der Waals surface area (Å²) in [6, 6.07) is 1.75. The van der Waals surface area contributed by atoms with Crippen LogP contribution in [0.25, 0.3) is 0 Å². The highest BCUT2D eigenvalue weighted by atomic mass is 32.2. The van der Waals surface area contributed by atoms with Crippen molar-refractivity contribution in [1.82, 2.24) is 9.97 Å². The smallest absolute Gasteiger partial charge is 0.228 e. The van der Waals surface area contributed by atoms with Crippen LogP contribution in [-0.4, -0.2) is 50.1 Å². The molecular weight excluding hydrogens is 266 g/mol.